The molecule has 1 N–H and O–H groups in total. The number of aromatic hydroxyl groups is 1. The predicted octanol–water partition coefficient (Wildman–Crippen LogP) is 4.37. The van der Waals surface area contributed by atoms with Crippen molar-refractivity contribution >= 4 is 22.6 Å². The lowest BCUT2D eigenvalue weighted by molar-refractivity contribution is 0.305. The van der Waals surface area contributed by atoms with Crippen LogP contribution in [0.4, 0.5) is 0 Å². The number of rotatable bonds is 3. The van der Waals surface area contributed by atoms with E-state index in [1.54, 1.807) is 36.6 Å². The molecule has 0 amide bonds. The van der Waals surface area contributed by atoms with Crippen LogP contribution in [-0.4, -0.2) is 5.11 Å². The summed E-state index contributed by atoms with van der Waals surface area (Å²) in [5, 5.41) is 11.2. The summed E-state index contributed by atoms with van der Waals surface area (Å²) in [6.07, 6.45) is 1.59. The van der Waals surface area contributed by atoms with Gasteiger partial charge in [0.2, 0.25) is 0 Å². The summed E-state index contributed by atoms with van der Waals surface area (Å²) >= 11 is 5.89. The zero-order chi connectivity index (χ0) is 13.2. The highest BCUT2D eigenvalue weighted by Gasteiger charge is 2.10. The second-order valence-corrected chi connectivity index (χ2v) is 4.59. The van der Waals surface area contributed by atoms with E-state index in [9.17, 15) is 5.11 Å². The first-order valence-corrected chi connectivity index (χ1v) is 6.18. The summed E-state index contributed by atoms with van der Waals surface area (Å²) in [4.78, 5) is 0. The number of hydrogen-bond donors (Lipinski definition) is 1. The number of halogens is 1. The molecule has 2 aromatic carbocycles. The van der Waals surface area contributed by atoms with Gasteiger partial charge in [0.1, 0.15) is 23.7 Å². The SMILES string of the molecule is Oc1cccc2occ(COc3cccc(Cl)c3)c12. The molecule has 19 heavy (non-hydrogen) atoms. The first-order chi connectivity index (χ1) is 9.24. The van der Waals surface area contributed by atoms with Gasteiger partial charge in [-0.25, -0.2) is 0 Å². The maximum atomic E-state index is 9.85. The number of benzene rings is 2. The van der Waals surface area contributed by atoms with Gasteiger partial charge in [-0.05, 0) is 30.3 Å². The van der Waals surface area contributed by atoms with E-state index in [2.05, 4.69) is 0 Å². The Kier molecular flexibility index (Phi) is 3.05. The predicted molar refractivity (Wildman–Crippen MR) is 73.7 cm³/mol. The fraction of sp³-hybridized carbons (Fsp3) is 0.0667. The van der Waals surface area contributed by atoms with Crippen molar-refractivity contribution in [3.8, 4) is 11.5 Å². The molecule has 96 valence electrons. The van der Waals surface area contributed by atoms with Crippen LogP contribution in [0.5, 0.6) is 11.5 Å². The molecule has 3 aromatic rings. The maximum absolute atomic E-state index is 9.85. The molecule has 0 saturated heterocycles. The molecule has 1 heterocycles. The average molecular weight is 275 g/mol. The Labute approximate surface area is 115 Å². The molecule has 3 rings (SSSR count). The molecule has 0 saturated carbocycles. The summed E-state index contributed by atoms with van der Waals surface area (Å²) in [6, 6.07) is 12.3. The van der Waals surface area contributed by atoms with Crippen LogP contribution in [0.2, 0.25) is 5.02 Å². The van der Waals surface area contributed by atoms with Crippen molar-refractivity contribution in [2.45, 2.75) is 6.61 Å². The summed E-state index contributed by atoms with van der Waals surface area (Å²) in [7, 11) is 0. The number of phenolic OH excluding ortho intramolecular Hbond substituents is 1. The molecule has 0 bridgehead atoms. The van der Waals surface area contributed by atoms with Crippen molar-refractivity contribution in [1.82, 2.24) is 0 Å². The van der Waals surface area contributed by atoms with Crippen LogP contribution in [0.25, 0.3) is 11.0 Å². The highest BCUT2D eigenvalue weighted by molar-refractivity contribution is 6.30. The van der Waals surface area contributed by atoms with E-state index < -0.39 is 0 Å². The van der Waals surface area contributed by atoms with Crippen molar-refractivity contribution in [2.24, 2.45) is 0 Å². The summed E-state index contributed by atoms with van der Waals surface area (Å²) in [6.45, 7) is 0.310. The van der Waals surface area contributed by atoms with Crippen LogP contribution < -0.4 is 4.74 Å². The van der Waals surface area contributed by atoms with E-state index in [0.29, 0.717) is 28.3 Å². The van der Waals surface area contributed by atoms with E-state index in [4.69, 9.17) is 20.8 Å². The molecule has 0 aliphatic carbocycles. The minimum atomic E-state index is 0.191. The number of ether oxygens (including phenoxy) is 1. The average Bonchev–Trinajstić information content (AvgIpc) is 2.81. The van der Waals surface area contributed by atoms with Gasteiger partial charge in [0.05, 0.1) is 11.6 Å². The van der Waals surface area contributed by atoms with Gasteiger partial charge >= 0.3 is 0 Å². The number of hydrogen-bond acceptors (Lipinski definition) is 3. The maximum Gasteiger partial charge on any atom is 0.138 e. The van der Waals surface area contributed by atoms with Crippen molar-refractivity contribution in [1.29, 1.82) is 0 Å². The minimum absolute atomic E-state index is 0.191. The molecule has 0 unspecified atom stereocenters. The van der Waals surface area contributed by atoms with Crippen LogP contribution in [0.1, 0.15) is 5.56 Å². The lowest BCUT2D eigenvalue weighted by atomic mass is 10.1. The van der Waals surface area contributed by atoms with Gasteiger partial charge in [0.15, 0.2) is 0 Å². The zero-order valence-electron chi connectivity index (χ0n) is 9.97. The monoisotopic (exact) mass is 274 g/mol. The Morgan fingerprint density at radius 3 is 2.84 bits per heavy atom. The van der Waals surface area contributed by atoms with E-state index >= 15 is 0 Å². The Morgan fingerprint density at radius 1 is 1.16 bits per heavy atom. The number of furan rings is 1. The smallest absolute Gasteiger partial charge is 0.138 e. The Hall–Kier alpha value is -2.13. The molecule has 1 aromatic heterocycles. The lowest BCUT2D eigenvalue weighted by Gasteiger charge is -2.05. The molecule has 0 atom stereocenters. The van der Waals surface area contributed by atoms with E-state index in [0.717, 1.165) is 5.56 Å². The van der Waals surface area contributed by atoms with Gasteiger partial charge in [0, 0.05) is 10.6 Å². The van der Waals surface area contributed by atoms with Crippen molar-refractivity contribution in [2.75, 3.05) is 0 Å². The standard InChI is InChI=1S/C15H11ClO3/c16-11-3-1-4-12(7-11)18-8-10-9-19-14-6-2-5-13(17)15(10)14/h1-7,9,17H,8H2. The Balaban J connectivity index is 1.86. The number of fused-ring (bicyclic) bond motifs is 1. The third-order valence-corrected chi connectivity index (χ3v) is 3.08. The second kappa shape index (κ2) is 4.86. The quantitative estimate of drug-likeness (QED) is 0.771. The summed E-state index contributed by atoms with van der Waals surface area (Å²) in [5.41, 5.74) is 1.44. The van der Waals surface area contributed by atoms with Gasteiger partial charge in [0.25, 0.3) is 0 Å². The topological polar surface area (TPSA) is 42.6 Å². The van der Waals surface area contributed by atoms with Crippen molar-refractivity contribution in [3.05, 3.63) is 59.3 Å². The highest BCUT2D eigenvalue weighted by Crippen LogP contribution is 2.30. The summed E-state index contributed by atoms with van der Waals surface area (Å²) < 4.78 is 11.0. The first kappa shape index (κ1) is 11.9. The van der Waals surface area contributed by atoms with Gasteiger partial charge < -0.3 is 14.3 Å². The zero-order valence-corrected chi connectivity index (χ0v) is 10.7. The molecule has 0 fully saturated rings. The van der Waals surface area contributed by atoms with Crippen molar-refractivity contribution in [3.63, 3.8) is 0 Å². The fourth-order valence-corrected chi connectivity index (χ4v) is 2.14. The summed E-state index contributed by atoms with van der Waals surface area (Å²) in [5.74, 6) is 0.869. The molecule has 0 spiro atoms. The third kappa shape index (κ3) is 2.37. The van der Waals surface area contributed by atoms with Crippen LogP contribution in [0, 0.1) is 0 Å². The van der Waals surface area contributed by atoms with Gasteiger partial charge in [-0.1, -0.05) is 23.7 Å². The fourth-order valence-electron chi connectivity index (χ4n) is 1.96. The van der Waals surface area contributed by atoms with Crippen LogP contribution >= 0.6 is 11.6 Å². The molecule has 0 aliphatic heterocycles. The van der Waals surface area contributed by atoms with Crippen LogP contribution in [-0.2, 0) is 6.61 Å². The third-order valence-electron chi connectivity index (χ3n) is 2.84. The normalized spacial score (nSPS) is 10.8. The van der Waals surface area contributed by atoms with E-state index in [1.807, 2.05) is 12.1 Å². The van der Waals surface area contributed by atoms with Crippen LogP contribution in [0.3, 0.4) is 0 Å². The molecule has 0 radical (unpaired) electrons. The second-order valence-electron chi connectivity index (χ2n) is 4.16. The van der Waals surface area contributed by atoms with Crippen LogP contribution in [0.15, 0.2) is 53.1 Å². The van der Waals surface area contributed by atoms with E-state index in [-0.39, 0.29) is 5.75 Å². The number of phenols is 1. The molecule has 0 aliphatic rings. The molecule has 4 heteroatoms. The van der Waals surface area contributed by atoms with Gasteiger partial charge in [-0.3, -0.25) is 0 Å². The Bertz CT molecular complexity index is 718. The lowest BCUT2D eigenvalue weighted by Crippen LogP contribution is -1.94. The van der Waals surface area contributed by atoms with Gasteiger partial charge in [-0.15, -0.1) is 0 Å². The Morgan fingerprint density at radius 2 is 2.00 bits per heavy atom. The molecular formula is C15H11ClO3. The molecular weight excluding hydrogens is 264 g/mol. The first-order valence-electron chi connectivity index (χ1n) is 5.80. The largest absolute Gasteiger partial charge is 0.507 e. The molecule has 3 nitrogen and oxygen atoms in total. The van der Waals surface area contributed by atoms with Gasteiger partial charge in [-0.2, -0.15) is 0 Å². The minimum Gasteiger partial charge on any atom is -0.507 e. The highest BCUT2D eigenvalue weighted by atomic mass is 35.5. The van der Waals surface area contributed by atoms with E-state index in [1.165, 1.54) is 0 Å². The van der Waals surface area contributed by atoms with Crippen molar-refractivity contribution < 1.29 is 14.3 Å².